The molecule has 0 aliphatic rings. The highest BCUT2D eigenvalue weighted by molar-refractivity contribution is 7.09. The van der Waals surface area contributed by atoms with Crippen LogP contribution in [-0.2, 0) is 0 Å². The van der Waals surface area contributed by atoms with Gasteiger partial charge in [-0.15, -0.1) is 11.3 Å². The summed E-state index contributed by atoms with van der Waals surface area (Å²) in [6, 6.07) is 3.64. The first-order chi connectivity index (χ1) is 9.52. The van der Waals surface area contributed by atoms with E-state index >= 15 is 0 Å². The molecule has 0 aromatic carbocycles. The van der Waals surface area contributed by atoms with Crippen LogP contribution in [-0.4, -0.2) is 21.0 Å². The van der Waals surface area contributed by atoms with Crippen molar-refractivity contribution in [2.45, 2.75) is 19.9 Å². The summed E-state index contributed by atoms with van der Waals surface area (Å²) in [7, 11) is 0. The van der Waals surface area contributed by atoms with Crippen molar-refractivity contribution in [2.75, 3.05) is 5.32 Å². The van der Waals surface area contributed by atoms with Gasteiger partial charge in [0.05, 0.1) is 11.6 Å². The van der Waals surface area contributed by atoms with Crippen molar-refractivity contribution < 1.29 is 9.90 Å². The minimum atomic E-state index is -1.05. The molecule has 2 aromatic heterocycles. The third kappa shape index (κ3) is 2.75. The lowest BCUT2D eigenvalue weighted by Crippen LogP contribution is -2.10. The van der Waals surface area contributed by atoms with Crippen LogP contribution in [0.25, 0.3) is 0 Å². The summed E-state index contributed by atoms with van der Waals surface area (Å²) in [4.78, 5) is 19.0. The molecule has 1 unspecified atom stereocenters. The average molecular weight is 288 g/mol. The van der Waals surface area contributed by atoms with Gasteiger partial charge in [0.2, 0.25) is 0 Å². The fraction of sp³-hybridized carbons (Fsp3) is 0.231. The van der Waals surface area contributed by atoms with Gasteiger partial charge in [-0.3, -0.25) is 0 Å². The molecule has 0 aliphatic carbocycles. The summed E-state index contributed by atoms with van der Waals surface area (Å²) in [6.45, 7) is 3.68. The van der Waals surface area contributed by atoms with Crippen LogP contribution in [0.3, 0.4) is 0 Å². The number of pyridine rings is 1. The maximum atomic E-state index is 10.8. The van der Waals surface area contributed by atoms with E-state index in [9.17, 15) is 4.79 Å². The number of carboxylic acids is 1. The molecule has 0 saturated carbocycles. The quantitative estimate of drug-likeness (QED) is 0.897. The van der Waals surface area contributed by atoms with Crippen molar-refractivity contribution >= 4 is 23.1 Å². The Bertz CT molecular complexity index is 690. The smallest absolute Gasteiger partial charge is 0.355 e. The molecule has 0 radical (unpaired) electrons. The second-order valence-corrected chi connectivity index (χ2v) is 5.10. The number of thiazole rings is 1. The van der Waals surface area contributed by atoms with E-state index in [1.54, 1.807) is 12.3 Å². The number of aromatic carboxylic acids is 1. The molecule has 20 heavy (non-hydrogen) atoms. The molecule has 0 saturated heterocycles. The lowest BCUT2D eigenvalue weighted by Gasteiger charge is -2.13. The molecule has 6 nitrogen and oxygen atoms in total. The Balaban J connectivity index is 2.23. The van der Waals surface area contributed by atoms with Gasteiger partial charge in [-0.2, -0.15) is 5.26 Å². The monoisotopic (exact) mass is 288 g/mol. The number of anilines is 1. The topological polar surface area (TPSA) is 98.9 Å². The Labute approximate surface area is 119 Å². The summed E-state index contributed by atoms with van der Waals surface area (Å²) < 4.78 is 0. The minimum Gasteiger partial charge on any atom is -0.476 e. The first-order valence-corrected chi connectivity index (χ1v) is 6.72. The normalized spacial score (nSPS) is 11.7. The van der Waals surface area contributed by atoms with E-state index in [4.69, 9.17) is 10.4 Å². The molecule has 2 aromatic rings. The fourth-order valence-corrected chi connectivity index (χ4v) is 2.46. The standard InChI is InChI=1S/C13H12N4O2S/c1-7-3-4-15-11(9(7)5-14)16-8(2)12-17-10(6-20-12)13(18)19/h3-4,6,8H,1-2H3,(H,15,16)(H,18,19). The highest BCUT2D eigenvalue weighted by atomic mass is 32.1. The Morgan fingerprint density at radius 1 is 1.60 bits per heavy atom. The highest BCUT2D eigenvalue weighted by Gasteiger charge is 2.16. The summed E-state index contributed by atoms with van der Waals surface area (Å²) >= 11 is 1.26. The Kier molecular flexibility index (Phi) is 3.96. The lowest BCUT2D eigenvalue weighted by molar-refractivity contribution is 0.0691. The van der Waals surface area contributed by atoms with E-state index in [-0.39, 0.29) is 11.7 Å². The van der Waals surface area contributed by atoms with Crippen molar-refractivity contribution in [3.63, 3.8) is 0 Å². The number of nitriles is 1. The zero-order chi connectivity index (χ0) is 14.7. The second kappa shape index (κ2) is 5.67. The molecule has 0 amide bonds. The summed E-state index contributed by atoms with van der Waals surface area (Å²) in [5, 5.41) is 23.2. The Morgan fingerprint density at radius 3 is 2.95 bits per heavy atom. The summed E-state index contributed by atoms with van der Waals surface area (Å²) in [6.07, 6.45) is 1.62. The molecule has 2 rings (SSSR count). The van der Waals surface area contributed by atoms with Crippen LogP contribution in [0.1, 0.15) is 39.6 Å². The number of hydrogen-bond donors (Lipinski definition) is 2. The van der Waals surface area contributed by atoms with Crippen LogP contribution in [0, 0.1) is 18.3 Å². The van der Waals surface area contributed by atoms with Crippen LogP contribution in [0.15, 0.2) is 17.6 Å². The molecule has 0 bridgehead atoms. The van der Waals surface area contributed by atoms with Crippen LogP contribution in [0.4, 0.5) is 5.82 Å². The van der Waals surface area contributed by atoms with E-state index in [2.05, 4.69) is 21.4 Å². The van der Waals surface area contributed by atoms with Gasteiger partial charge in [0, 0.05) is 11.6 Å². The predicted molar refractivity (Wildman–Crippen MR) is 74.8 cm³/mol. The zero-order valence-electron chi connectivity index (χ0n) is 10.9. The molecule has 102 valence electrons. The zero-order valence-corrected chi connectivity index (χ0v) is 11.7. The number of hydrogen-bond acceptors (Lipinski definition) is 6. The molecular weight excluding hydrogens is 276 g/mol. The van der Waals surface area contributed by atoms with Gasteiger partial charge in [-0.1, -0.05) is 0 Å². The van der Waals surface area contributed by atoms with Gasteiger partial charge in [0.25, 0.3) is 0 Å². The van der Waals surface area contributed by atoms with Crippen LogP contribution in [0.5, 0.6) is 0 Å². The van der Waals surface area contributed by atoms with Crippen LogP contribution in [0.2, 0.25) is 0 Å². The van der Waals surface area contributed by atoms with Gasteiger partial charge >= 0.3 is 5.97 Å². The van der Waals surface area contributed by atoms with Crippen molar-refractivity contribution in [1.82, 2.24) is 9.97 Å². The largest absolute Gasteiger partial charge is 0.476 e. The molecule has 2 heterocycles. The van der Waals surface area contributed by atoms with E-state index in [0.717, 1.165) is 5.56 Å². The van der Waals surface area contributed by atoms with Crippen molar-refractivity contribution in [3.05, 3.63) is 39.5 Å². The maximum absolute atomic E-state index is 10.8. The van der Waals surface area contributed by atoms with Gasteiger partial charge < -0.3 is 10.4 Å². The minimum absolute atomic E-state index is 0.0244. The van der Waals surface area contributed by atoms with Crippen LogP contribution < -0.4 is 5.32 Å². The van der Waals surface area contributed by atoms with Gasteiger partial charge in [0.15, 0.2) is 5.69 Å². The van der Waals surface area contributed by atoms with E-state index in [1.807, 2.05) is 13.8 Å². The number of carboxylic acid groups (broad SMARTS) is 1. The number of aryl methyl sites for hydroxylation is 1. The number of aromatic nitrogens is 2. The molecule has 0 aliphatic heterocycles. The molecular formula is C13H12N4O2S. The average Bonchev–Trinajstić information content (AvgIpc) is 2.89. The Morgan fingerprint density at radius 2 is 2.35 bits per heavy atom. The molecule has 0 fully saturated rings. The third-order valence-corrected chi connectivity index (χ3v) is 3.76. The number of rotatable bonds is 4. The Hall–Kier alpha value is -2.46. The first-order valence-electron chi connectivity index (χ1n) is 5.84. The number of nitrogens with one attached hydrogen (secondary N) is 1. The van der Waals surface area contributed by atoms with E-state index < -0.39 is 5.97 Å². The van der Waals surface area contributed by atoms with Gasteiger partial charge in [-0.05, 0) is 25.5 Å². The number of carbonyl (C=O) groups is 1. The fourth-order valence-electron chi connectivity index (χ4n) is 1.66. The summed E-state index contributed by atoms with van der Waals surface area (Å²) in [5.74, 6) is -0.571. The van der Waals surface area contributed by atoms with E-state index in [0.29, 0.717) is 16.4 Å². The van der Waals surface area contributed by atoms with Crippen molar-refractivity contribution in [1.29, 1.82) is 5.26 Å². The van der Waals surface area contributed by atoms with Crippen LogP contribution >= 0.6 is 11.3 Å². The van der Waals surface area contributed by atoms with Crippen molar-refractivity contribution in [3.8, 4) is 6.07 Å². The molecule has 1 atom stereocenters. The third-order valence-electron chi connectivity index (χ3n) is 2.74. The van der Waals surface area contributed by atoms with Crippen molar-refractivity contribution in [2.24, 2.45) is 0 Å². The first kappa shape index (κ1) is 14.0. The van der Waals surface area contributed by atoms with Gasteiger partial charge in [-0.25, -0.2) is 14.8 Å². The van der Waals surface area contributed by atoms with E-state index in [1.165, 1.54) is 16.7 Å². The molecule has 2 N–H and O–H groups in total. The summed E-state index contributed by atoms with van der Waals surface area (Å²) in [5.41, 5.74) is 1.34. The predicted octanol–water partition coefficient (Wildman–Crippen LogP) is 2.59. The maximum Gasteiger partial charge on any atom is 0.355 e. The lowest BCUT2D eigenvalue weighted by atomic mass is 10.1. The molecule has 7 heteroatoms. The second-order valence-electron chi connectivity index (χ2n) is 4.21. The van der Waals surface area contributed by atoms with Gasteiger partial charge in [0.1, 0.15) is 16.9 Å². The number of nitrogens with zero attached hydrogens (tertiary/aromatic N) is 3. The highest BCUT2D eigenvalue weighted by Crippen LogP contribution is 2.24. The molecule has 0 spiro atoms. The SMILES string of the molecule is Cc1ccnc(NC(C)c2nc(C(=O)O)cs2)c1C#N.